The first-order valence-electron chi connectivity index (χ1n) is 7.02. The average molecular weight is 310 g/mol. The molecule has 0 radical (unpaired) electrons. The van der Waals surface area contributed by atoms with E-state index >= 15 is 0 Å². The zero-order valence-corrected chi connectivity index (χ0v) is 13.3. The Hall–Kier alpha value is -0.500. The van der Waals surface area contributed by atoms with Gasteiger partial charge in [0.1, 0.15) is 0 Å². The number of benzene rings is 1. The van der Waals surface area contributed by atoms with E-state index in [0.29, 0.717) is 0 Å². The maximum atomic E-state index is 3.54. The van der Waals surface area contributed by atoms with Crippen molar-refractivity contribution in [2.45, 2.75) is 38.9 Å². The molecule has 18 heavy (non-hydrogen) atoms. The summed E-state index contributed by atoms with van der Waals surface area (Å²) in [6.45, 7) is 9.36. The fourth-order valence-electron chi connectivity index (χ4n) is 2.85. The van der Waals surface area contributed by atoms with Crippen molar-refractivity contribution in [3.8, 4) is 0 Å². The lowest BCUT2D eigenvalue weighted by molar-refractivity contribution is 0.311. The van der Waals surface area contributed by atoms with Crippen molar-refractivity contribution in [2.75, 3.05) is 18.0 Å². The second-order valence-corrected chi connectivity index (χ2v) is 6.37. The highest BCUT2D eigenvalue weighted by Gasteiger charge is 2.21. The first kappa shape index (κ1) is 13.9. The van der Waals surface area contributed by atoms with Crippen molar-refractivity contribution in [3.05, 3.63) is 29.3 Å². The fraction of sp³-hybridized carbons (Fsp3) is 0.625. The second kappa shape index (κ2) is 6.10. The van der Waals surface area contributed by atoms with Gasteiger partial charge in [0.2, 0.25) is 0 Å². The number of halogens is 1. The van der Waals surface area contributed by atoms with Gasteiger partial charge in [-0.2, -0.15) is 0 Å². The van der Waals surface area contributed by atoms with Crippen molar-refractivity contribution in [3.63, 3.8) is 0 Å². The molecule has 1 nitrogen and oxygen atoms in total. The van der Waals surface area contributed by atoms with Gasteiger partial charge in [-0.05, 0) is 54.9 Å². The largest absolute Gasteiger partial charge is 0.372 e. The molecule has 1 aromatic carbocycles. The number of aryl methyl sites for hydroxylation is 1. The molecule has 0 spiro atoms. The molecule has 0 unspecified atom stereocenters. The Morgan fingerprint density at radius 1 is 1.28 bits per heavy atom. The predicted molar refractivity (Wildman–Crippen MR) is 83.6 cm³/mol. The molecule has 0 saturated carbocycles. The monoisotopic (exact) mass is 309 g/mol. The van der Waals surface area contributed by atoms with Crippen LogP contribution in [0.15, 0.2) is 18.2 Å². The molecule has 2 rings (SSSR count). The van der Waals surface area contributed by atoms with Crippen LogP contribution in [0.2, 0.25) is 0 Å². The highest BCUT2D eigenvalue weighted by molar-refractivity contribution is 9.08. The van der Waals surface area contributed by atoms with Crippen LogP contribution in [0.5, 0.6) is 0 Å². The lowest BCUT2D eigenvalue weighted by Crippen LogP contribution is -2.35. The summed E-state index contributed by atoms with van der Waals surface area (Å²) in [6.07, 6.45) is 2.69. The summed E-state index contributed by atoms with van der Waals surface area (Å²) >= 11 is 3.54. The SMILES string of the molecule is Cc1cc(N2CCC(C(C)C)CC2)ccc1CBr. The second-order valence-electron chi connectivity index (χ2n) is 5.81. The number of hydrogen-bond acceptors (Lipinski definition) is 1. The van der Waals surface area contributed by atoms with Gasteiger partial charge >= 0.3 is 0 Å². The van der Waals surface area contributed by atoms with Crippen molar-refractivity contribution < 1.29 is 0 Å². The Labute approximate surface area is 120 Å². The molecular weight excluding hydrogens is 286 g/mol. The summed E-state index contributed by atoms with van der Waals surface area (Å²) in [7, 11) is 0. The normalized spacial score (nSPS) is 17.5. The topological polar surface area (TPSA) is 3.24 Å². The maximum Gasteiger partial charge on any atom is 0.0369 e. The van der Waals surface area contributed by atoms with E-state index in [9.17, 15) is 0 Å². The van der Waals surface area contributed by atoms with Crippen molar-refractivity contribution >= 4 is 21.6 Å². The van der Waals surface area contributed by atoms with Gasteiger partial charge in [-0.25, -0.2) is 0 Å². The molecule has 0 aliphatic carbocycles. The molecule has 2 heteroatoms. The quantitative estimate of drug-likeness (QED) is 0.727. The highest BCUT2D eigenvalue weighted by atomic mass is 79.9. The number of piperidine rings is 1. The van der Waals surface area contributed by atoms with E-state index in [4.69, 9.17) is 0 Å². The van der Waals surface area contributed by atoms with Crippen molar-refractivity contribution in [1.29, 1.82) is 0 Å². The predicted octanol–water partition coefficient (Wildman–Crippen LogP) is 4.76. The van der Waals surface area contributed by atoms with Crippen LogP contribution in [0, 0.1) is 18.8 Å². The number of rotatable bonds is 3. The summed E-state index contributed by atoms with van der Waals surface area (Å²) in [5.41, 5.74) is 4.20. The van der Waals surface area contributed by atoms with E-state index < -0.39 is 0 Å². The minimum absolute atomic E-state index is 0.838. The molecule has 1 aliphatic rings. The highest BCUT2D eigenvalue weighted by Crippen LogP contribution is 2.29. The zero-order valence-electron chi connectivity index (χ0n) is 11.7. The lowest BCUT2D eigenvalue weighted by Gasteiger charge is -2.35. The molecule has 0 N–H and O–H groups in total. The van der Waals surface area contributed by atoms with E-state index in [2.05, 4.69) is 59.8 Å². The van der Waals surface area contributed by atoms with Crippen LogP contribution >= 0.6 is 15.9 Å². The van der Waals surface area contributed by atoms with Crippen LogP contribution in [0.25, 0.3) is 0 Å². The Bertz CT molecular complexity index is 392. The van der Waals surface area contributed by atoms with Crippen LogP contribution in [0.4, 0.5) is 5.69 Å². The zero-order chi connectivity index (χ0) is 13.1. The molecule has 1 aliphatic heterocycles. The third-order valence-electron chi connectivity index (χ3n) is 4.32. The van der Waals surface area contributed by atoms with Gasteiger partial charge in [-0.3, -0.25) is 0 Å². The van der Waals surface area contributed by atoms with Crippen LogP contribution in [-0.4, -0.2) is 13.1 Å². The lowest BCUT2D eigenvalue weighted by atomic mass is 9.86. The fourth-order valence-corrected chi connectivity index (χ4v) is 3.48. The Morgan fingerprint density at radius 2 is 1.94 bits per heavy atom. The molecule has 1 fully saturated rings. The molecule has 0 bridgehead atoms. The summed E-state index contributed by atoms with van der Waals surface area (Å²) in [5, 5.41) is 0.953. The van der Waals surface area contributed by atoms with Crippen LogP contribution in [0.3, 0.4) is 0 Å². The van der Waals surface area contributed by atoms with Gasteiger partial charge in [0.25, 0.3) is 0 Å². The van der Waals surface area contributed by atoms with E-state index in [0.717, 1.165) is 17.2 Å². The van der Waals surface area contributed by atoms with Crippen LogP contribution in [-0.2, 0) is 5.33 Å². The number of alkyl halides is 1. The first-order valence-corrected chi connectivity index (χ1v) is 8.14. The van der Waals surface area contributed by atoms with E-state index in [1.807, 2.05) is 0 Å². The van der Waals surface area contributed by atoms with Crippen LogP contribution < -0.4 is 4.90 Å². The third-order valence-corrected chi connectivity index (χ3v) is 4.92. The third kappa shape index (κ3) is 3.09. The van der Waals surface area contributed by atoms with Crippen LogP contribution in [0.1, 0.15) is 37.8 Å². The Balaban J connectivity index is 2.03. The van der Waals surface area contributed by atoms with Gasteiger partial charge in [0, 0.05) is 24.1 Å². The van der Waals surface area contributed by atoms with E-state index in [1.54, 1.807) is 0 Å². The van der Waals surface area contributed by atoms with Gasteiger partial charge < -0.3 is 4.90 Å². The number of nitrogens with zero attached hydrogens (tertiary/aromatic N) is 1. The molecule has 0 amide bonds. The van der Waals surface area contributed by atoms with E-state index in [-0.39, 0.29) is 0 Å². The summed E-state index contributed by atoms with van der Waals surface area (Å²) in [6, 6.07) is 6.87. The minimum Gasteiger partial charge on any atom is -0.372 e. The molecule has 1 saturated heterocycles. The van der Waals surface area contributed by atoms with E-state index in [1.165, 1.54) is 42.7 Å². The summed E-state index contributed by atoms with van der Waals surface area (Å²) < 4.78 is 0. The molecule has 0 aromatic heterocycles. The molecule has 0 atom stereocenters. The van der Waals surface area contributed by atoms with Crippen molar-refractivity contribution in [1.82, 2.24) is 0 Å². The summed E-state index contributed by atoms with van der Waals surface area (Å²) in [4.78, 5) is 2.55. The Morgan fingerprint density at radius 3 is 2.44 bits per heavy atom. The van der Waals surface area contributed by atoms with Gasteiger partial charge in [-0.1, -0.05) is 35.8 Å². The standard InChI is InChI=1S/C16H24BrN/c1-12(2)14-6-8-18(9-7-14)16-5-4-15(11-17)13(3)10-16/h4-5,10,12,14H,6-9,11H2,1-3H3. The average Bonchev–Trinajstić information content (AvgIpc) is 2.38. The molecular formula is C16H24BrN. The minimum atomic E-state index is 0.838. The maximum absolute atomic E-state index is 3.54. The number of hydrogen-bond donors (Lipinski definition) is 0. The molecule has 1 heterocycles. The number of anilines is 1. The molecule has 1 aromatic rings. The van der Waals surface area contributed by atoms with Gasteiger partial charge in [-0.15, -0.1) is 0 Å². The first-order chi connectivity index (χ1) is 8.61. The molecule has 100 valence electrons. The summed E-state index contributed by atoms with van der Waals surface area (Å²) in [5.74, 6) is 1.76. The smallest absolute Gasteiger partial charge is 0.0369 e. The van der Waals surface area contributed by atoms with Crippen molar-refractivity contribution in [2.24, 2.45) is 11.8 Å². The van der Waals surface area contributed by atoms with Gasteiger partial charge in [0.15, 0.2) is 0 Å². The Kier molecular flexibility index (Phi) is 4.71. The van der Waals surface area contributed by atoms with Gasteiger partial charge in [0.05, 0.1) is 0 Å².